The van der Waals surface area contributed by atoms with Crippen molar-refractivity contribution in [2.24, 2.45) is 0 Å². The first-order chi connectivity index (χ1) is 12.3. The Morgan fingerprint density at radius 3 is 2.08 bits per heavy atom. The fourth-order valence-corrected chi connectivity index (χ4v) is 5.15. The molecule has 7 nitrogen and oxygen atoms in total. The van der Waals surface area contributed by atoms with E-state index < -0.39 is 32.1 Å². The molecule has 0 unspecified atom stereocenters. The van der Waals surface area contributed by atoms with Crippen LogP contribution in [0.25, 0.3) is 0 Å². The SMILES string of the molecule is O=C(CC1(S(=O)(=O)c2ccc(Oc3ccccc3)cc2)CCC1)N(O)O. The minimum Gasteiger partial charge on any atom is -0.457 e. The van der Waals surface area contributed by atoms with Crippen LogP contribution in [0.15, 0.2) is 59.5 Å². The van der Waals surface area contributed by atoms with Gasteiger partial charge < -0.3 is 4.74 Å². The van der Waals surface area contributed by atoms with Crippen LogP contribution in [0.5, 0.6) is 11.5 Å². The fraction of sp³-hybridized carbons (Fsp3) is 0.278. The van der Waals surface area contributed by atoms with Gasteiger partial charge in [0.15, 0.2) is 9.84 Å². The summed E-state index contributed by atoms with van der Waals surface area (Å²) in [4.78, 5) is 11.7. The second-order valence-electron chi connectivity index (χ2n) is 6.29. The zero-order valence-electron chi connectivity index (χ0n) is 13.9. The summed E-state index contributed by atoms with van der Waals surface area (Å²) in [6.45, 7) is 0. The monoisotopic (exact) mass is 377 g/mol. The first kappa shape index (κ1) is 18.4. The van der Waals surface area contributed by atoms with Crippen molar-refractivity contribution in [3.63, 3.8) is 0 Å². The van der Waals surface area contributed by atoms with Gasteiger partial charge in [-0.25, -0.2) is 8.42 Å². The topological polar surface area (TPSA) is 104 Å². The molecule has 1 fully saturated rings. The van der Waals surface area contributed by atoms with Crippen molar-refractivity contribution in [2.45, 2.75) is 35.3 Å². The summed E-state index contributed by atoms with van der Waals surface area (Å²) in [5.74, 6) is 0.0817. The van der Waals surface area contributed by atoms with Crippen molar-refractivity contribution in [1.29, 1.82) is 0 Å². The number of hydrogen-bond donors (Lipinski definition) is 2. The first-order valence-electron chi connectivity index (χ1n) is 8.12. The van der Waals surface area contributed by atoms with E-state index in [0.29, 0.717) is 30.8 Å². The number of benzene rings is 2. The van der Waals surface area contributed by atoms with Crippen molar-refractivity contribution >= 4 is 15.7 Å². The van der Waals surface area contributed by atoms with Crippen LogP contribution in [0.3, 0.4) is 0 Å². The summed E-state index contributed by atoms with van der Waals surface area (Å²) in [6.07, 6.45) is 0.803. The molecule has 1 aliphatic rings. The highest BCUT2D eigenvalue weighted by Crippen LogP contribution is 2.45. The average Bonchev–Trinajstić information content (AvgIpc) is 2.59. The minimum absolute atomic E-state index is 0.0767. The lowest BCUT2D eigenvalue weighted by Gasteiger charge is -2.40. The summed E-state index contributed by atoms with van der Waals surface area (Å²) in [6, 6.07) is 15.1. The van der Waals surface area contributed by atoms with E-state index in [1.54, 1.807) is 24.3 Å². The molecule has 0 heterocycles. The number of nitrogens with zero attached hydrogens (tertiary/aromatic N) is 1. The van der Waals surface area contributed by atoms with Gasteiger partial charge in [-0.15, -0.1) is 0 Å². The van der Waals surface area contributed by atoms with Crippen LogP contribution in [0, 0.1) is 0 Å². The van der Waals surface area contributed by atoms with Crippen molar-refractivity contribution in [3.05, 3.63) is 54.6 Å². The molecule has 2 aromatic carbocycles. The molecule has 0 atom stereocenters. The highest BCUT2D eigenvalue weighted by Gasteiger charge is 2.51. The van der Waals surface area contributed by atoms with Gasteiger partial charge in [-0.05, 0) is 49.2 Å². The minimum atomic E-state index is -3.81. The molecule has 0 aliphatic heterocycles. The van der Waals surface area contributed by atoms with Gasteiger partial charge in [-0.1, -0.05) is 29.8 Å². The lowest BCUT2D eigenvalue weighted by Crippen LogP contribution is -2.48. The molecule has 0 bridgehead atoms. The van der Waals surface area contributed by atoms with Gasteiger partial charge in [0.05, 0.1) is 16.1 Å². The maximum atomic E-state index is 13.0. The van der Waals surface area contributed by atoms with E-state index in [2.05, 4.69) is 0 Å². The van der Waals surface area contributed by atoms with Gasteiger partial charge in [-0.2, -0.15) is 0 Å². The van der Waals surface area contributed by atoms with Crippen molar-refractivity contribution in [1.82, 2.24) is 5.23 Å². The Balaban J connectivity index is 1.81. The predicted octanol–water partition coefficient (Wildman–Crippen LogP) is 3.17. The molecular formula is C18H19NO6S. The zero-order chi connectivity index (χ0) is 18.8. The second kappa shape index (κ2) is 7.06. The molecule has 138 valence electrons. The van der Waals surface area contributed by atoms with Crippen LogP contribution >= 0.6 is 0 Å². The van der Waals surface area contributed by atoms with E-state index in [1.165, 1.54) is 12.1 Å². The zero-order valence-corrected chi connectivity index (χ0v) is 14.7. The van der Waals surface area contributed by atoms with E-state index in [4.69, 9.17) is 15.2 Å². The number of rotatable bonds is 6. The van der Waals surface area contributed by atoms with Crippen LogP contribution in [0.4, 0.5) is 0 Å². The third-order valence-corrected chi connectivity index (χ3v) is 7.23. The van der Waals surface area contributed by atoms with Crippen LogP contribution in [0.1, 0.15) is 25.7 Å². The van der Waals surface area contributed by atoms with E-state index >= 15 is 0 Å². The van der Waals surface area contributed by atoms with Gasteiger partial charge in [0.25, 0.3) is 5.91 Å². The van der Waals surface area contributed by atoms with Gasteiger partial charge >= 0.3 is 0 Å². The quantitative estimate of drug-likeness (QED) is 0.592. The van der Waals surface area contributed by atoms with Crippen molar-refractivity contribution in [3.8, 4) is 11.5 Å². The van der Waals surface area contributed by atoms with Gasteiger partial charge in [-0.3, -0.25) is 15.2 Å². The Bertz CT molecular complexity index is 874. The molecule has 0 radical (unpaired) electrons. The van der Waals surface area contributed by atoms with E-state index in [1.807, 2.05) is 18.2 Å². The number of sulfone groups is 1. The van der Waals surface area contributed by atoms with Crippen LogP contribution < -0.4 is 4.74 Å². The third-order valence-electron chi connectivity index (χ3n) is 4.64. The maximum Gasteiger partial charge on any atom is 0.274 e. The van der Waals surface area contributed by atoms with Crippen LogP contribution in [0.2, 0.25) is 0 Å². The lowest BCUT2D eigenvalue weighted by molar-refractivity contribution is -0.285. The molecule has 26 heavy (non-hydrogen) atoms. The van der Waals surface area contributed by atoms with Crippen molar-refractivity contribution in [2.75, 3.05) is 0 Å². The van der Waals surface area contributed by atoms with Gasteiger partial charge in [0, 0.05) is 0 Å². The molecule has 8 heteroatoms. The molecule has 2 aromatic rings. The highest BCUT2D eigenvalue weighted by atomic mass is 32.2. The van der Waals surface area contributed by atoms with Crippen molar-refractivity contribution < 1.29 is 28.4 Å². The molecule has 3 rings (SSSR count). The summed E-state index contributed by atoms with van der Waals surface area (Å²) in [5.41, 5.74) is 0. The van der Waals surface area contributed by atoms with E-state index in [-0.39, 0.29) is 4.90 Å². The highest BCUT2D eigenvalue weighted by molar-refractivity contribution is 7.93. The number of carbonyl (C=O) groups is 1. The predicted molar refractivity (Wildman–Crippen MR) is 91.8 cm³/mol. The van der Waals surface area contributed by atoms with Crippen LogP contribution in [-0.4, -0.2) is 34.7 Å². The van der Waals surface area contributed by atoms with Crippen LogP contribution in [-0.2, 0) is 14.6 Å². The largest absolute Gasteiger partial charge is 0.457 e. The number of hydroxylamine groups is 2. The van der Waals surface area contributed by atoms with E-state index in [0.717, 1.165) is 0 Å². The maximum absolute atomic E-state index is 13.0. The number of carbonyl (C=O) groups excluding carboxylic acids is 1. The smallest absolute Gasteiger partial charge is 0.274 e. The first-order valence-corrected chi connectivity index (χ1v) is 9.61. The summed E-state index contributed by atoms with van der Waals surface area (Å²) >= 11 is 0. The molecule has 0 spiro atoms. The lowest BCUT2D eigenvalue weighted by atomic mass is 9.81. The number of ether oxygens (including phenoxy) is 1. The average molecular weight is 377 g/mol. The van der Waals surface area contributed by atoms with E-state index in [9.17, 15) is 13.2 Å². The molecule has 0 aromatic heterocycles. The summed E-state index contributed by atoms with van der Waals surface area (Å²) in [7, 11) is -3.81. The van der Waals surface area contributed by atoms with Gasteiger partial charge in [0.1, 0.15) is 11.5 Å². The normalized spacial score (nSPS) is 15.8. The Kier molecular flexibility index (Phi) is 4.99. The molecular weight excluding hydrogens is 358 g/mol. The number of hydrogen-bond acceptors (Lipinski definition) is 6. The molecule has 1 saturated carbocycles. The Morgan fingerprint density at radius 1 is 1.00 bits per heavy atom. The molecule has 1 amide bonds. The second-order valence-corrected chi connectivity index (χ2v) is 8.63. The molecule has 0 saturated heterocycles. The number of para-hydroxylation sites is 1. The number of amides is 1. The Labute approximate surface area is 151 Å². The Morgan fingerprint density at radius 2 is 1.58 bits per heavy atom. The summed E-state index contributed by atoms with van der Waals surface area (Å²) in [5, 5.41) is 17.1. The Hall–Kier alpha value is -2.42. The molecule has 2 N–H and O–H groups in total. The summed E-state index contributed by atoms with van der Waals surface area (Å²) < 4.78 is 30.3. The third kappa shape index (κ3) is 3.44. The fourth-order valence-electron chi connectivity index (χ4n) is 3.02. The van der Waals surface area contributed by atoms with Gasteiger partial charge in [0.2, 0.25) is 0 Å². The molecule has 1 aliphatic carbocycles. The standard InChI is InChI=1S/C18H19NO6S/c20-17(19(21)22)13-18(11-4-12-18)26(23,24)16-9-7-15(8-10-16)25-14-5-2-1-3-6-14/h1-3,5-10,21-22H,4,11-13H2.